The van der Waals surface area contributed by atoms with Crippen LogP contribution in [0.1, 0.15) is 51.0 Å². The second-order valence-corrected chi connectivity index (χ2v) is 10.3. The van der Waals surface area contributed by atoms with Crippen molar-refractivity contribution in [3.05, 3.63) is 48.0 Å². The van der Waals surface area contributed by atoms with E-state index in [0.29, 0.717) is 24.5 Å². The van der Waals surface area contributed by atoms with Crippen LogP contribution >= 0.6 is 0 Å². The number of hydrogen-bond donors (Lipinski definition) is 2. The van der Waals surface area contributed by atoms with E-state index in [1.165, 1.54) is 7.11 Å². The molecule has 1 aliphatic heterocycles. The smallest absolute Gasteiger partial charge is 0.243 e. The van der Waals surface area contributed by atoms with Gasteiger partial charge < -0.3 is 15.4 Å². The standard InChI is InChI=1S/C24H33N3O4S/c1-18(2)20-10-6-7-11-21(20)26-24(28)17-25-22-16-19(12-13-23(22)31-3)32(29,30)27-14-8-4-5-9-15-27/h6-7,10-13,16,18,25H,4-5,8-9,14-15,17H2,1-3H3,(H,26,28). The summed E-state index contributed by atoms with van der Waals surface area (Å²) in [7, 11) is -2.08. The van der Waals surface area contributed by atoms with E-state index in [1.807, 2.05) is 24.3 Å². The van der Waals surface area contributed by atoms with Crippen LogP contribution in [-0.4, -0.2) is 45.4 Å². The number of benzene rings is 2. The number of carbonyl (C=O) groups is 1. The third kappa shape index (κ3) is 5.81. The monoisotopic (exact) mass is 459 g/mol. The maximum absolute atomic E-state index is 13.2. The zero-order valence-electron chi connectivity index (χ0n) is 19.1. The van der Waals surface area contributed by atoms with Gasteiger partial charge in [0.1, 0.15) is 5.75 Å². The van der Waals surface area contributed by atoms with Crippen LogP contribution in [0.5, 0.6) is 5.75 Å². The lowest BCUT2D eigenvalue weighted by molar-refractivity contribution is -0.114. The fraction of sp³-hybridized carbons (Fsp3) is 0.458. The summed E-state index contributed by atoms with van der Waals surface area (Å²) in [6, 6.07) is 12.4. The number of amides is 1. The Balaban J connectivity index is 1.74. The number of sulfonamides is 1. The molecular weight excluding hydrogens is 426 g/mol. The van der Waals surface area contributed by atoms with Crippen molar-refractivity contribution in [2.24, 2.45) is 0 Å². The molecule has 0 saturated carbocycles. The van der Waals surface area contributed by atoms with Gasteiger partial charge in [-0.05, 0) is 48.6 Å². The maximum atomic E-state index is 13.2. The Labute approximate surface area is 191 Å². The van der Waals surface area contributed by atoms with E-state index in [1.54, 1.807) is 22.5 Å². The Kier molecular flexibility index (Phi) is 8.15. The minimum Gasteiger partial charge on any atom is -0.495 e. The fourth-order valence-electron chi connectivity index (χ4n) is 3.90. The van der Waals surface area contributed by atoms with Crippen LogP contribution in [0.3, 0.4) is 0 Å². The van der Waals surface area contributed by atoms with Crippen molar-refractivity contribution in [2.75, 3.05) is 37.4 Å². The number of para-hydroxylation sites is 1. The van der Waals surface area contributed by atoms with Gasteiger partial charge in [-0.3, -0.25) is 4.79 Å². The molecule has 2 aromatic rings. The Morgan fingerprint density at radius 1 is 1.03 bits per heavy atom. The van der Waals surface area contributed by atoms with Crippen LogP contribution in [-0.2, 0) is 14.8 Å². The number of carbonyl (C=O) groups excluding carboxylic acids is 1. The SMILES string of the molecule is COc1ccc(S(=O)(=O)N2CCCCCC2)cc1NCC(=O)Nc1ccccc1C(C)C. The molecule has 2 aromatic carbocycles. The highest BCUT2D eigenvalue weighted by Crippen LogP contribution is 2.30. The van der Waals surface area contributed by atoms with Gasteiger partial charge in [-0.2, -0.15) is 4.31 Å². The van der Waals surface area contributed by atoms with Gasteiger partial charge in [0.15, 0.2) is 0 Å². The van der Waals surface area contributed by atoms with E-state index < -0.39 is 10.0 Å². The molecule has 7 nitrogen and oxygen atoms in total. The lowest BCUT2D eigenvalue weighted by Crippen LogP contribution is -2.32. The number of rotatable bonds is 8. The highest BCUT2D eigenvalue weighted by atomic mass is 32.2. The summed E-state index contributed by atoms with van der Waals surface area (Å²) in [4.78, 5) is 12.8. The Hall–Kier alpha value is -2.58. The topological polar surface area (TPSA) is 87.7 Å². The van der Waals surface area contributed by atoms with E-state index in [-0.39, 0.29) is 23.3 Å². The van der Waals surface area contributed by atoms with Crippen molar-refractivity contribution >= 4 is 27.3 Å². The van der Waals surface area contributed by atoms with Gasteiger partial charge in [-0.25, -0.2) is 8.42 Å². The molecule has 32 heavy (non-hydrogen) atoms. The van der Waals surface area contributed by atoms with E-state index in [4.69, 9.17) is 4.74 Å². The number of methoxy groups -OCH3 is 1. The number of anilines is 2. The Morgan fingerprint density at radius 2 is 1.72 bits per heavy atom. The zero-order valence-corrected chi connectivity index (χ0v) is 19.9. The molecule has 0 spiro atoms. The molecule has 1 heterocycles. The second kappa shape index (κ2) is 10.8. The van der Waals surface area contributed by atoms with Crippen molar-refractivity contribution in [2.45, 2.75) is 50.3 Å². The summed E-state index contributed by atoms with van der Waals surface area (Å²) in [6.07, 6.45) is 3.85. The summed E-state index contributed by atoms with van der Waals surface area (Å²) in [5, 5.41) is 5.98. The van der Waals surface area contributed by atoms with Gasteiger partial charge in [0, 0.05) is 18.8 Å². The third-order valence-electron chi connectivity index (χ3n) is 5.67. The molecule has 1 amide bonds. The summed E-state index contributed by atoms with van der Waals surface area (Å²) in [6.45, 7) is 5.20. The molecular formula is C24H33N3O4S. The van der Waals surface area contributed by atoms with Crippen LogP contribution in [0.4, 0.5) is 11.4 Å². The van der Waals surface area contributed by atoms with Crippen molar-refractivity contribution in [1.82, 2.24) is 4.31 Å². The van der Waals surface area contributed by atoms with Gasteiger partial charge in [0.05, 0.1) is 24.2 Å². The number of ether oxygens (including phenoxy) is 1. The number of hydrogen-bond acceptors (Lipinski definition) is 5. The van der Waals surface area contributed by atoms with E-state index in [0.717, 1.165) is 36.9 Å². The lowest BCUT2D eigenvalue weighted by Gasteiger charge is -2.21. The van der Waals surface area contributed by atoms with Crippen molar-refractivity contribution in [3.63, 3.8) is 0 Å². The van der Waals surface area contributed by atoms with Gasteiger partial charge in [0.2, 0.25) is 15.9 Å². The summed E-state index contributed by atoms with van der Waals surface area (Å²) < 4.78 is 33.2. The lowest BCUT2D eigenvalue weighted by atomic mass is 10.0. The molecule has 2 N–H and O–H groups in total. The zero-order chi connectivity index (χ0) is 23.1. The molecule has 1 aliphatic rings. The number of nitrogens with zero attached hydrogens (tertiary/aromatic N) is 1. The van der Waals surface area contributed by atoms with E-state index in [9.17, 15) is 13.2 Å². The van der Waals surface area contributed by atoms with Crippen molar-refractivity contribution < 1.29 is 17.9 Å². The highest BCUT2D eigenvalue weighted by Gasteiger charge is 2.26. The normalized spacial score (nSPS) is 15.2. The quantitative estimate of drug-likeness (QED) is 0.610. The van der Waals surface area contributed by atoms with Crippen LogP contribution in [0, 0.1) is 0 Å². The first kappa shape index (κ1) is 24.1. The molecule has 174 valence electrons. The predicted octanol–water partition coefficient (Wildman–Crippen LogP) is 4.43. The van der Waals surface area contributed by atoms with Crippen LogP contribution in [0.25, 0.3) is 0 Å². The predicted molar refractivity (Wildman–Crippen MR) is 128 cm³/mol. The molecule has 1 fully saturated rings. The largest absolute Gasteiger partial charge is 0.495 e. The molecule has 8 heteroatoms. The number of nitrogens with one attached hydrogen (secondary N) is 2. The van der Waals surface area contributed by atoms with Gasteiger partial charge >= 0.3 is 0 Å². The van der Waals surface area contributed by atoms with Crippen molar-refractivity contribution in [1.29, 1.82) is 0 Å². The molecule has 0 radical (unpaired) electrons. The average Bonchev–Trinajstić information content (AvgIpc) is 3.08. The average molecular weight is 460 g/mol. The van der Waals surface area contributed by atoms with Gasteiger partial charge in [-0.15, -0.1) is 0 Å². The molecule has 1 saturated heterocycles. The molecule has 0 aliphatic carbocycles. The van der Waals surface area contributed by atoms with Crippen LogP contribution in [0.2, 0.25) is 0 Å². The third-order valence-corrected chi connectivity index (χ3v) is 7.56. The first-order valence-corrected chi connectivity index (χ1v) is 12.6. The highest BCUT2D eigenvalue weighted by molar-refractivity contribution is 7.89. The Morgan fingerprint density at radius 3 is 2.38 bits per heavy atom. The minimum absolute atomic E-state index is 0.0179. The van der Waals surface area contributed by atoms with Crippen molar-refractivity contribution in [3.8, 4) is 5.75 Å². The second-order valence-electron chi connectivity index (χ2n) is 8.32. The fourth-order valence-corrected chi connectivity index (χ4v) is 5.44. The first-order chi connectivity index (χ1) is 15.3. The first-order valence-electron chi connectivity index (χ1n) is 11.1. The summed E-state index contributed by atoms with van der Waals surface area (Å²) in [5.74, 6) is 0.538. The van der Waals surface area contributed by atoms with Gasteiger partial charge in [0.25, 0.3) is 0 Å². The van der Waals surface area contributed by atoms with Gasteiger partial charge in [-0.1, -0.05) is 44.9 Å². The van der Waals surface area contributed by atoms with Crippen LogP contribution in [0.15, 0.2) is 47.4 Å². The van der Waals surface area contributed by atoms with E-state index >= 15 is 0 Å². The van der Waals surface area contributed by atoms with Crippen LogP contribution < -0.4 is 15.4 Å². The minimum atomic E-state index is -3.60. The molecule has 0 bridgehead atoms. The molecule has 0 aromatic heterocycles. The Bertz CT molecular complexity index is 1030. The maximum Gasteiger partial charge on any atom is 0.243 e. The van der Waals surface area contributed by atoms with E-state index in [2.05, 4.69) is 24.5 Å². The molecule has 0 atom stereocenters. The summed E-state index contributed by atoms with van der Waals surface area (Å²) in [5.41, 5.74) is 2.30. The molecule has 3 rings (SSSR count). The molecule has 0 unspecified atom stereocenters. The summed E-state index contributed by atoms with van der Waals surface area (Å²) >= 11 is 0.